The summed E-state index contributed by atoms with van der Waals surface area (Å²) in [6, 6.07) is 11.4. The molecule has 0 aliphatic heterocycles. The van der Waals surface area contributed by atoms with Gasteiger partial charge >= 0.3 is 0 Å². The molecule has 0 saturated heterocycles. The molecule has 0 fully saturated rings. The van der Waals surface area contributed by atoms with E-state index in [2.05, 4.69) is 10.6 Å². The maximum Gasteiger partial charge on any atom is 0.231 e. The van der Waals surface area contributed by atoms with Crippen LogP contribution in [0.15, 0.2) is 42.5 Å². The summed E-state index contributed by atoms with van der Waals surface area (Å²) >= 11 is 12.1. The van der Waals surface area contributed by atoms with Crippen molar-refractivity contribution in [1.29, 1.82) is 0 Å². The van der Waals surface area contributed by atoms with Crippen LogP contribution in [0.5, 0.6) is 0 Å². The Morgan fingerprint density at radius 1 is 0.821 bits per heavy atom. The number of rotatable bonds is 8. The Kier molecular flexibility index (Phi) is 7.72. The van der Waals surface area contributed by atoms with Crippen LogP contribution in [0.1, 0.15) is 25.3 Å². The highest BCUT2D eigenvalue weighted by atomic mass is 35.5. The summed E-state index contributed by atoms with van der Waals surface area (Å²) < 4.78 is 0. The maximum atomic E-state index is 12.1. The first kappa shape index (κ1) is 21.6. The number of ketones is 2. The Hall–Kier alpha value is -2.70. The van der Waals surface area contributed by atoms with E-state index in [0.717, 1.165) is 0 Å². The summed E-state index contributed by atoms with van der Waals surface area (Å²) in [7, 11) is 0. The number of amides is 2. The molecule has 0 aromatic heterocycles. The second kappa shape index (κ2) is 10.0. The standard InChI is InChI=1S/C20H18Cl2N2O4/c1-12(25)8-19(27)24-18-7-6-13(10-16(18)22)9-14(26)11-20(28)23-17-5-3-2-4-15(17)21/h2-7,10H,8-9,11H2,1H3,(H,23,28)(H,24,27). The summed E-state index contributed by atoms with van der Waals surface area (Å²) in [4.78, 5) is 46.7. The van der Waals surface area contributed by atoms with Crippen LogP contribution >= 0.6 is 23.2 Å². The zero-order valence-corrected chi connectivity index (χ0v) is 16.6. The van der Waals surface area contributed by atoms with Crippen molar-refractivity contribution in [3.8, 4) is 0 Å². The lowest BCUT2D eigenvalue weighted by molar-refractivity contribution is -0.126. The van der Waals surface area contributed by atoms with E-state index in [9.17, 15) is 19.2 Å². The van der Waals surface area contributed by atoms with Gasteiger partial charge in [-0.1, -0.05) is 41.4 Å². The normalized spacial score (nSPS) is 10.2. The van der Waals surface area contributed by atoms with Crippen molar-refractivity contribution in [2.75, 3.05) is 10.6 Å². The van der Waals surface area contributed by atoms with E-state index in [1.165, 1.54) is 13.0 Å². The topological polar surface area (TPSA) is 92.3 Å². The van der Waals surface area contributed by atoms with Gasteiger partial charge in [0.05, 0.1) is 34.3 Å². The van der Waals surface area contributed by atoms with Gasteiger partial charge in [-0.05, 0) is 36.8 Å². The number of hydrogen-bond acceptors (Lipinski definition) is 4. The molecule has 0 atom stereocenters. The fraction of sp³-hybridized carbons (Fsp3) is 0.200. The van der Waals surface area contributed by atoms with Gasteiger partial charge in [-0.3, -0.25) is 19.2 Å². The minimum atomic E-state index is -0.463. The van der Waals surface area contributed by atoms with Gasteiger partial charge in [0, 0.05) is 6.42 Å². The lowest BCUT2D eigenvalue weighted by atomic mass is 10.1. The van der Waals surface area contributed by atoms with Crippen molar-refractivity contribution in [3.63, 3.8) is 0 Å². The zero-order valence-electron chi connectivity index (χ0n) is 15.1. The Bertz CT molecular complexity index is 928. The van der Waals surface area contributed by atoms with E-state index < -0.39 is 11.8 Å². The van der Waals surface area contributed by atoms with Crippen molar-refractivity contribution in [2.24, 2.45) is 0 Å². The number of carbonyl (C=O) groups is 4. The monoisotopic (exact) mass is 420 g/mol. The van der Waals surface area contributed by atoms with Crippen molar-refractivity contribution in [2.45, 2.75) is 26.2 Å². The summed E-state index contributed by atoms with van der Waals surface area (Å²) in [5.41, 5.74) is 1.39. The van der Waals surface area contributed by atoms with Crippen LogP contribution in [0.25, 0.3) is 0 Å². The predicted molar refractivity (Wildman–Crippen MR) is 109 cm³/mol. The quantitative estimate of drug-likeness (QED) is 0.629. The molecule has 0 aliphatic carbocycles. The molecule has 0 aliphatic rings. The fourth-order valence-electron chi connectivity index (χ4n) is 2.42. The molecule has 8 heteroatoms. The molecule has 0 radical (unpaired) electrons. The number of benzene rings is 2. The lowest BCUT2D eigenvalue weighted by Gasteiger charge is -2.09. The number of carbonyl (C=O) groups excluding carboxylic acids is 4. The fourth-order valence-corrected chi connectivity index (χ4v) is 2.85. The Morgan fingerprint density at radius 2 is 1.43 bits per heavy atom. The summed E-state index contributed by atoms with van der Waals surface area (Å²) in [5, 5.41) is 5.75. The second-order valence-electron chi connectivity index (χ2n) is 6.16. The van der Waals surface area contributed by atoms with Gasteiger partial charge in [0.2, 0.25) is 11.8 Å². The van der Waals surface area contributed by atoms with Crippen LogP contribution in [0.3, 0.4) is 0 Å². The van der Waals surface area contributed by atoms with E-state index in [-0.39, 0.29) is 35.9 Å². The van der Waals surface area contributed by atoms with Crippen LogP contribution in [0.2, 0.25) is 10.0 Å². The molecule has 2 N–H and O–H groups in total. The second-order valence-corrected chi connectivity index (χ2v) is 6.98. The SMILES string of the molecule is CC(=O)CC(=O)Nc1ccc(CC(=O)CC(=O)Nc2ccccc2Cl)cc1Cl. The number of para-hydroxylation sites is 1. The molecule has 0 saturated carbocycles. The molecule has 2 aromatic rings. The largest absolute Gasteiger partial charge is 0.324 e. The number of anilines is 2. The molecule has 28 heavy (non-hydrogen) atoms. The average molecular weight is 421 g/mol. The predicted octanol–water partition coefficient (Wildman–Crippen LogP) is 4.05. The van der Waals surface area contributed by atoms with Crippen LogP contribution in [0, 0.1) is 0 Å². The lowest BCUT2D eigenvalue weighted by Crippen LogP contribution is -2.18. The maximum absolute atomic E-state index is 12.1. The van der Waals surface area contributed by atoms with Gasteiger partial charge in [-0.25, -0.2) is 0 Å². The van der Waals surface area contributed by atoms with Gasteiger partial charge in [-0.15, -0.1) is 0 Å². The molecule has 2 rings (SSSR count). The van der Waals surface area contributed by atoms with Crippen LogP contribution in [0.4, 0.5) is 11.4 Å². The van der Waals surface area contributed by atoms with Crippen LogP contribution in [-0.4, -0.2) is 23.4 Å². The van der Waals surface area contributed by atoms with Crippen LogP contribution < -0.4 is 10.6 Å². The van der Waals surface area contributed by atoms with Crippen molar-refractivity contribution >= 4 is 58.0 Å². The number of nitrogens with one attached hydrogen (secondary N) is 2. The molecule has 6 nitrogen and oxygen atoms in total. The number of hydrogen-bond donors (Lipinski definition) is 2. The molecular formula is C20H18Cl2N2O4. The molecule has 0 bridgehead atoms. The van der Waals surface area contributed by atoms with Gasteiger partial charge in [0.15, 0.2) is 0 Å². The first-order chi connectivity index (χ1) is 13.2. The van der Waals surface area contributed by atoms with Crippen LogP contribution in [-0.2, 0) is 25.6 Å². The molecule has 0 unspecified atom stereocenters. The minimum Gasteiger partial charge on any atom is -0.324 e. The van der Waals surface area contributed by atoms with Gasteiger partial charge < -0.3 is 10.6 Å². The molecule has 146 valence electrons. The highest BCUT2D eigenvalue weighted by molar-refractivity contribution is 6.34. The van der Waals surface area contributed by atoms with E-state index >= 15 is 0 Å². The van der Waals surface area contributed by atoms with Gasteiger partial charge in [-0.2, -0.15) is 0 Å². The van der Waals surface area contributed by atoms with Gasteiger partial charge in [0.1, 0.15) is 11.6 Å². The van der Waals surface area contributed by atoms with Crippen molar-refractivity contribution in [3.05, 3.63) is 58.1 Å². The van der Waals surface area contributed by atoms with E-state index in [1.807, 2.05) is 0 Å². The number of Topliss-reactive ketones (excluding diaryl/α,β-unsaturated/α-hetero) is 2. The third-order valence-corrected chi connectivity index (χ3v) is 4.27. The molecule has 2 aromatic carbocycles. The zero-order chi connectivity index (χ0) is 20.7. The third-order valence-electron chi connectivity index (χ3n) is 3.62. The van der Waals surface area contributed by atoms with Gasteiger partial charge in [0.25, 0.3) is 0 Å². The smallest absolute Gasteiger partial charge is 0.231 e. The average Bonchev–Trinajstić information content (AvgIpc) is 2.58. The van der Waals surface area contributed by atoms with E-state index in [1.54, 1.807) is 36.4 Å². The molecule has 2 amide bonds. The summed E-state index contributed by atoms with van der Waals surface area (Å²) in [6.07, 6.45) is -0.533. The molecule has 0 spiro atoms. The van der Waals surface area contributed by atoms with E-state index in [4.69, 9.17) is 23.2 Å². The Balaban J connectivity index is 1.92. The first-order valence-corrected chi connectivity index (χ1v) is 9.14. The molecule has 0 heterocycles. The van der Waals surface area contributed by atoms with Crippen molar-refractivity contribution in [1.82, 2.24) is 0 Å². The first-order valence-electron chi connectivity index (χ1n) is 8.38. The molecular weight excluding hydrogens is 403 g/mol. The highest BCUT2D eigenvalue weighted by Crippen LogP contribution is 2.24. The van der Waals surface area contributed by atoms with E-state index in [0.29, 0.717) is 22.0 Å². The number of halogens is 2. The van der Waals surface area contributed by atoms with Crippen molar-refractivity contribution < 1.29 is 19.2 Å². The Labute approximate surface area is 172 Å². The Morgan fingerprint density at radius 3 is 2.04 bits per heavy atom. The minimum absolute atomic E-state index is 0.0112. The highest BCUT2D eigenvalue weighted by Gasteiger charge is 2.14. The third kappa shape index (κ3) is 6.79. The summed E-state index contributed by atoms with van der Waals surface area (Å²) in [6.45, 7) is 1.32. The summed E-state index contributed by atoms with van der Waals surface area (Å²) in [5.74, 6) is -1.48.